The van der Waals surface area contributed by atoms with E-state index in [1.807, 2.05) is 19.9 Å². The van der Waals surface area contributed by atoms with Crippen molar-refractivity contribution in [1.29, 1.82) is 5.26 Å². The standard InChI is InChI=1S/C18H19F3N4O2/c1-4-25-15(18(19,20)21)10(8-24-25)13-9(7-22)16(23)27-12-6-17(2,3)5-11(26)14(12)13/h8,13H,4-6,23H2,1-3H3. The van der Waals surface area contributed by atoms with Gasteiger partial charge in [-0.1, -0.05) is 13.8 Å². The lowest BCUT2D eigenvalue weighted by Gasteiger charge is -2.37. The summed E-state index contributed by atoms with van der Waals surface area (Å²) in [5, 5.41) is 13.3. The van der Waals surface area contributed by atoms with Crippen LogP contribution in [-0.4, -0.2) is 15.6 Å². The van der Waals surface area contributed by atoms with Gasteiger partial charge >= 0.3 is 6.18 Å². The lowest BCUT2D eigenvalue weighted by Crippen LogP contribution is -2.34. The van der Waals surface area contributed by atoms with Crippen molar-refractivity contribution in [3.05, 3.63) is 40.2 Å². The number of nitrogens with zero attached hydrogens (tertiary/aromatic N) is 3. The van der Waals surface area contributed by atoms with Crippen LogP contribution in [0.5, 0.6) is 0 Å². The number of carbonyl (C=O) groups is 1. The number of hydrogen-bond acceptors (Lipinski definition) is 5. The van der Waals surface area contributed by atoms with Crippen molar-refractivity contribution < 1.29 is 22.7 Å². The maximum absolute atomic E-state index is 13.7. The minimum Gasteiger partial charge on any atom is -0.444 e. The largest absolute Gasteiger partial charge is 0.444 e. The Morgan fingerprint density at radius 2 is 2.11 bits per heavy atom. The normalized spacial score (nSPS) is 22.4. The Kier molecular flexibility index (Phi) is 4.33. The molecule has 9 heteroatoms. The molecule has 6 nitrogen and oxygen atoms in total. The van der Waals surface area contributed by atoms with Crippen molar-refractivity contribution in [1.82, 2.24) is 9.78 Å². The van der Waals surface area contributed by atoms with Gasteiger partial charge in [-0.3, -0.25) is 9.48 Å². The highest BCUT2D eigenvalue weighted by molar-refractivity contribution is 6.00. The van der Waals surface area contributed by atoms with Gasteiger partial charge in [0.05, 0.1) is 12.1 Å². The SMILES string of the molecule is CCn1ncc(C2C(C#N)=C(N)OC3=C2C(=O)CC(C)(C)C3)c1C(F)(F)F. The van der Waals surface area contributed by atoms with Crippen LogP contribution < -0.4 is 5.73 Å². The molecule has 0 fully saturated rings. The highest BCUT2D eigenvalue weighted by Crippen LogP contribution is 2.49. The van der Waals surface area contributed by atoms with E-state index < -0.39 is 23.2 Å². The number of rotatable bonds is 2. The third kappa shape index (κ3) is 3.09. The Morgan fingerprint density at radius 1 is 1.44 bits per heavy atom. The molecule has 0 saturated carbocycles. The van der Waals surface area contributed by atoms with Gasteiger partial charge in [-0.15, -0.1) is 0 Å². The highest BCUT2D eigenvalue weighted by Gasteiger charge is 2.47. The number of allylic oxidation sites excluding steroid dienone is 3. The molecule has 0 spiro atoms. The Labute approximate surface area is 154 Å². The number of ether oxygens (including phenoxy) is 1. The third-order valence-electron chi connectivity index (χ3n) is 4.82. The van der Waals surface area contributed by atoms with Gasteiger partial charge < -0.3 is 10.5 Å². The number of alkyl halides is 3. The summed E-state index contributed by atoms with van der Waals surface area (Å²) in [5.74, 6) is -1.62. The predicted molar refractivity (Wildman–Crippen MR) is 88.6 cm³/mol. The Bertz CT molecular complexity index is 916. The average Bonchev–Trinajstić information content (AvgIpc) is 2.96. The van der Waals surface area contributed by atoms with Crippen LogP contribution in [0.3, 0.4) is 0 Å². The van der Waals surface area contributed by atoms with Crippen LogP contribution in [0.1, 0.15) is 50.8 Å². The van der Waals surface area contributed by atoms with E-state index in [1.54, 1.807) is 0 Å². The molecule has 0 bridgehead atoms. The van der Waals surface area contributed by atoms with Crippen LogP contribution >= 0.6 is 0 Å². The number of Topliss-reactive ketones (excluding diaryl/α,β-unsaturated/α-hetero) is 1. The summed E-state index contributed by atoms with van der Waals surface area (Å²) < 4.78 is 47.5. The zero-order valence-electron chi connectivity index (χ0n) is 15.1. The second-order valence-corrected chi connectivity index (χ2v) is 7.46. The molecule has 0 saturated heterocycles. The molecule has 2 N–H and O–H groups in total. The molecule has 1 unspecified atom stereocenters. The van der Waals surface area contributed by atoms with E-state index >= 15 is 0 Å². The lowest BCUT2D eigenvalue weighted by atomic mass is 9.70. The fraction of sp³-hybridized carbons (Fsp3) is 0.500. The van der Waals surface area contributed by atoms with Crippen molar-refractivity contribution in [3.8, 4) is 6.07 Å². The first-order valence-electron chi connectivity index (χ1n) is 8.47. The van der Waals surface area contributed by atoms with Crippen molar-refractivity contribution in [2.75, 3.05) is 0 Å². The summed E-state index contributed by atoms with van der Waals surface area (Å²) in [7, 11) is 0. The molecule has 144 valence electrons. The molecule has 1 aromatic heterocycles. The second kappa shape index (κ2) is 6.15. The minimum absolute atomic E-state index is 0.00791. The molecule has 2 heterocycles. The van der Waals surface area contributed by atoms with Crippen LogP contribution in [0.25, 0.3) is 0 Å². The first-order valence-corrected chi connectivity index (χ1v) is 8.47. The number of carbonyl (C=O) groups excluding carboxylic acids is 1. The maximum Gasteiger partial charge on any atom is 0.433 e. The number of aryl methyl sites for hydroxylation is 1. The average molecular weight is 380 g/mol. The van der Waals surface area contributed by atoms with Gasteiger partial charge in [0.2, 0.25) is 5.88 Å². The van der Waals surface area contributed by atoms with Crippen LogP contribution in [0.4, 0.5) is 13.2 Å². The van der Waals surface area contributed by atoms with Gasteiger partial charge in [0, 0.05) is 30.5 Å². The number of hydrogen-bond donors (Lipinski definition) is 1. The molecular weight excluding hydrogens is 361 g/mol. The van der Waals surface area contributed by atoms with Gasteiger partial charge in [0.1, 0.15) is 23.1 Å². The monoisotopic (exact) mass is 380 g/mol. The molecule has 1 atom stereocenters. The number of nitrogens with two attached hydrogens (primary N) is 1. The number of aromatic nitrogens is 2. The topological polar surface area (TPSA) is 93.9 Å². The number of nitriles is 1. The third-order valence-corrected chi connectivity index (χ3v) is 4.82. The van der Waals surface area contributed by atoms with Gasteiger partial charge in [-0.05, 0) is 12.3 Å². The first-order chi connectivity index (χ1) is 12.5. The molecule has 1 aliphatic heterocycles. The van der Waals surface area contributed by atoms with Crippen LogP contribution in [0.15, 0.2) is 29.0 Å². The van der Waals surface area contributed by atoms with E-state index in [9.17, 15) is 23.2 Å². The van der Waals surface area contributed by atoms with Crippen molar-refractivity contribution in [2.24, 2.45) is 11.1 Å². The van der Waals surface area contributed by atoms with Crippen molar-refractivity contribution >= 4 is 5.78 Å². The Morgan fingerprint density at radius 3 is 2.67 bits per heavy atom. The van der Waals surface area contributed by atoms with Gasteiger partial charge in [-0.25, -0.2) is 0 Å². The highest BCUT2D eigenvalue weighted by atomic mass is 19.4. The van der Waals surface area contributed by atoms with Gasteiger partial charge in [-0.2, -0.15) is 23.5 Å². The van der Waals surface area contributed by atoms with Crippen molar-refractivity contribution in [2.45, 2.75) is 52.3 Å². The Hall–Kier alpha value is -2.76. The summed E-state index contributed by atoms with van der Waals surface area (Å²) in [6, 6.07) is 1.82. The van der Waals surface area contributed by atoms with Gasteiger partial charge in [0.15, 0.2) is 5.78 Å². The second-order valence-electron chi connectivity index (χ2n) is 7.46. The molecule has 0 aromatic carbocycles. The summed E-state index contributed by atoms with van der Waals surface area (Å²) >= 11 is 0. The summed E-state index contributed by atoms with van der Waals surface area (Å²) in [4.78, 5) is 12.8. The quantitative estimate of drug-likeness (QED) is 0.849. The number of ketones is 1. The molecular formula is C18H19F3N4O2. The molecule has 27 heavy (non-hydrogen) atoms. The number of halogens is 3. The van der Waals surface area contributed by atoms with E-state index in [1.165, 1.54) is 6.92 Å². The summed E-state index contributed by atoms with van der Waals surface area (Å²) in [6.45, 7) is 5.25. The zero-order chi connectivity index (χ0) is 20.1. The van der Waals surface area contributed by atoms with Crippen LogP contribution in [0, 0.1) is 16.7 Å². The predicted octanol–water partition coefficient (Wildman–Crippen LogP) is 3.37. The van der Waals surface area contributed by atoms with E-state index in [4.69, 9.17) is 10.5 Å². The van der Waals surface area contributed by atoms with Crippen molar-refractivity contribution in [3.63, 3.8) is 0 Å². The Balaban J connectivity index is 2.28. The molecule has 0 radical (unpaired) electrons. The van der Waals surface area contributed by atoms with E-state index in [-0.39, 0.29) is 47.1 Å². The van der Waals surface area contributed by atoms with Crippen LogP contribution in [0.2, 0.25) is 0 Å². The van der Waals surface area contributed by atoms with Crippen LogP contribution in [-0.2, 0) is 22.3 Å². The van der Waals surface area contributed by atoms with E-state index in [2.05, 4.69) is 5.10 Å². The van der Waals surface area contributed by atoms with Gasteiger partial charge in [0.25, 0.3) is 0 Å². The minimum atomic E-state index is -4.70. The van der Waals surface area contributed by atoms with E-state index in [0.717, 1.165) is 10.9 Å². The lowest BCUT2D eigenvalue weighted by molar-refractivity contribution is -0.145. The first kappa shape index (κ1) is 19.0. The summed E-state index contributed by atoms with van der Waals surface area (Å²) in [6.07, 6.45) is -3.15. The molecule has 0 amide bonds. The maximum atomic E-state index is 13.7. The molecule has 1 aliphatic carbocycles. The fourth-order valence-corrected chi connectivity index (χ4v) is 3.76. The molecule has 2 aliphatic rings. The molecule has 3 rings (SSSR count). The smallest absolute Gasteiger partial charge is 0.433 e. The fourth-order valence-electron chi connectivity index (χ4n) is 3.76. The molecule has 1 aromatic rings. The van der Waals surface area contributed by atoms with E-state index in [0.29, 0.717) is 6.42 Å². The zero-order valence-corrected chi connectivity index (χ0v) is 15.1. The summed E-state index contributed by atoms with van der Waals surface area (Å²) in [5.41, 5.74) is 4.05.